The highest BCUT2D eigenvalue weighted by Gasteiger charge is 2.79. The third-order valence-corrected chi connectivity index (χ3v) is 10.4. The van der Waals surface area contributed by atoms with E-state index in [1.165, 1.54) is 4.90 Å². The molecule has 3 aliphatic rings. The number of nitrogens with one attached hydrogen (secondary N) is 2. The molecule has 242 valence electrons. The van der Waals surface area contributed by atoms with E-state index in [1.807, 2.05) is 91.9 Å². The second-order valence-electron chi connectivity index (χ2n) is 12.6. The number of carbonyl (C=O) groups is 3. The Morgan fingerprint density at radius 2 is 1.59 bits per heavy atom. The molecule has 2 bridgehead atoms. The molecule has 0 aliphatic carbocycles. The number of likely N-dealkylation sites (tertiary alicyclic amines) is 1. The van der Waals surface area contributed by atoms with Gasteiger partial charge in [-0.3, -0.25) is 14.4 Å². The van der Waals surface area contributed by atoms with Crippen molar-refractivity contribution in [2.75, 3.05) is 29.9 Å². The topological polar surface area (TPSA) is 111 Å². The van der Waals surface area contributed by atoms with Crippen LogP contribution in [0.1, 0.15) is 57.2 Å². The van der Waals surface area contributed by atoms with E-state index in [-0.39, 0.29) is 18.4 Å². The van der Waals surface area contributed by atoms with Crippen LogP contribution in [-0.4, -0.2) is 64.7 Å². The molecule has 2 unspecified atom stereocenters. The Labute approximate surface area is 270 Å². The zero-order chi connectivity index (χ0) is 32.5. The average Bonchev–Trinajstić information content (AvgIpc) is 3.70. The molecule has 0 radical (unpaired) electrons. The van der Waals surface area contributed by atoms with Crippen molar-refractivity contribution in [1.82, 2.24) is 10.2 Å². The molecule has 6 rings (SSSR count). The molecule has 9 nitrogen and oxygen atoms in total. The van der Waals surface area contributed by atoms with Crippen molar-refractivity contribution < 1.29 is 24.2 Å². The van der Waals surface area contributed by atoms with Gasteiger partial charge >= 0.3 is 0 Å². The Morgan fingerprint density at radius 3 is 2.20 bits per heavy atom. The van der Waals surface area contributed by atoms with Crippen LogP contribution >= 0.6 is 0 Å². The Balaban J connectivity index is 1.37. The SMILES string of the molecule is CCN(CC)c1ccc(NC(=O)C2N([C@H](CO)c3ccccc3)C(=O)[C@@H]3[C@@H](C(=O)NCc4ccccc4)[C@@]4(CC)CCC23O4)cc1. The number of fused-ring (bicyclic) bond motifs is 1. The van der Waals surface area contributed by atoms with Gasteiger partial charge in [0.25, 0.3) is 0 Å². The molecule has 0 saturated carbocycles. The lowest BCUT2D eigenvalue weighted by Crippen LogP contribution is -2.54. The maximum absolute atomic E-state index is 14.7. The predicted molar refractivity (Wildman–Crippen MR) is 177 cm³/mol. The van der Waals surface area contributed by atoms with Gasteiger partial charge in [0.15, 0.2) is 0 Å². The minimum Gasteiger partial charge on any atom is -0.394 e. The number of aliphatic hydroxyl groups excluding tert-OH is 1. The van der Waals surface area contributed by atoms with E-state index in [9.17, 15) is 19.5 Å². The van der Waals surface area contributed by atoms with Crippen LogP contribution in [0.2, 0.25) is 0 Å². The van der Waals surface area contributed by atoms with E-state index in [0.717, 1.165) is 24.3 Å². The molecule has 6 atom stereocenters. The van der Waals surface area contributed by atoms with Crippen LogP contribution in [-0.2, 0) is 25.7 Å². The summed E-state index contributed by atoms with van der Waals surface area (Å²) in [5.41, 5.74) is 1.24. The second kappa shape index (κ2) is 12.9. The fourth-order valence-corrected chi connectivity index (χ4v) is 8.17. The van der Waals surface area contributed by atoms with Gasteiger partial charge in [-0.25, -0.2) is 0 Å². The summed E-state index contributed by atoms with van der Waals surface area (Å²) in [6.07, 6.45) is 1.55. The molecule has 3 fully saturated rings. The molecule has 3 aromatic rings. The number of ether oxygens (including phenoxy) is 1. The first kappa shape index (κ1) is 31.8. The Bertz CT molecular complexity index is 1550. The van der Waals surface area contributed by atoms with E-state index in [4.69, 9.17) is 4.74 Å². The lowest BCUT2D eigenvalue weighted by Gasteiger charge is -2.37. The van der Waals surface area contributed by atoms with E-state index >= 15 is 0 Å². The summed E-state index contributed by atoms with van der Waals surface area (Å²) >= 11 is 0. The van der Waals surface area contributed by atoms with E-state index in [2.05, 4.69) is 29.4 Å². The average molecular weight is 625 g/mol. The van der Waals surface area contributed by atoms with Gasteiger partial charge < -0.3 is 30.3 Å². The van der Waals surface area contributed by atoms with Crippen LogP contribution in [0, 0.1) is 11.8 Å². The quantitative estimate of drug-likeness (QED) is 0.270. The lowest BCUT2D eigenvalue weighted by molar-refractivity contribution is -0.149. The zero-order valence-corrected chi connectivity index (χ0v) is 26.8. The molecule has 3 heterocycles. The summed E-state index contributed by atoms with van der Waals surface area (Å²) in [5, 5.41) is 16.9. The predicted octanol–water partition coefficient (Wildman–Crippen LogP) is 4.68. The number of rotatable bonds is 12. The fourth-order valence-electron chi connectivity index (χ4n) is 8.17. The Kier molecular flexibility index (Phi) is 8.90. The van der Waals surface area contributed by atoms with Crippen LogP contribution in [0.25, 0.3) is 0 Å². The maximum Gasteiger partial charge on any atom is 0.250 e. The number of benzene rings is 3. The van der Waals surface area contributed by atoms with Crippen molar-refractivity contribution >= 4 is 29.1 Å². The minimum absolute atomic E-state index is 0.251. The van der Waals surface area contributed by atoms with Crippen LogP contribution in [0.4, 0.5) is 11.4 Å². The molecule has 46 heavy (non-hydrogen) atoms. The number of carbonyl (C=O) groups excluding carboxylic acids is 3. The summed E-state index contributed by atoms with van der Waals surface area (Å²) in [4.78, 5) is 47.0. The molecule has 0 aromatic heterocycles. The molecular weight excluding hydrogens is 580 g/mol. The number of nitrogens with zero attached hydrogens (tertiary/aromatic N) is 2. The first-order valence-corrected chi connectivity index (χ1v) is 16.5. The molecule has 3 amide bonds. The third-order valence-electron chi connectivity index (χ3n) is 10.4. The summed E-state index contributed by atoms with van der Waals surface area (Å²) in [5.74, 6) is -2.62. The summed E-state index contributed by atoms with van der Waals surface area (Å²) in [7, 11) is 0. The first-order valence-electron chi connectivity index (χ1n) is 16.5. The van der Waals surface area contributed by atoms with E-state index in [0.29, 0.717) is 37.1 Å². The number of amides is 3. The van der Waals surface area contributed by atoms with Crippen molar-refractivity contribution in [3.05, 3.63) is 96.1 Å². The van der Waals surface area contributed by atoms with Crippen LogP contribution in [0.15, 0.2) is 84.9 Å². The molecule has 3 aromatic carbocycles. The van der Waals surface area contributed by atoms with E-state index < -0.39 is 41.0 Å². The molecule has 3 aliphatic heterocycles. The van der Waals surface area contributed by atoms with Crippen molar-refractivity contribution in [3.63, 3.8) is 0 Å². The number of hydrogen-bond acceptors (Lipinski definition) is 6. The van der Waals surface area contributed by atoms with Crippen molar-refractivity contribution in [2.45, 2.75) is 69.9 Å². The fraction of sp³-hybridized carbons (Fsp3) is 0.432. The van der Waals surface area contributed by atoms with Gasteiger partial charge in [0, 0.05) is 31.0 Å². The van der Waals surface area contributed by atoms with Gasteiger partial charge in [-0.2, -0.15) is 0 Å². The smallest absolute Gasteiger partial charge is 0.250 e. The monoisotopic (exact) mass is 624 g/mol. The van der Waals surface area contributed by atoms with Gasteiger partial charge in [-0.1, -0.05) is 67.6 Å². The van der Waals surface area contributed by atoms with Crippen molar-refractivity contribution in [1.29, 1.82) is 0 Å². The zero-order valence-electron chi connectivity index (χ0n) is 26.8. The summed E-state index contributed by atoms with van der Waals surface area (Å²) in [6.45, 7) is 7.84. The third kappa shape index (κ3) is 5.25. The van der Waals surface area contributed by atoms with Crippen molar-refractivity contribution in [3.8, 4) is 0 Å². The van der Waals surface area contributed by atoms with Gasteiger partial charge in [0.05, 0.1) is 30.1 Å². The Morgan fingerprint density at radius 1 is 0.935 bits per heavy atom. The van der Waals surface area contributed by atoms with Crippen LogP contribution < -0.4 is 15.5 Å². The molecular formula is C37H44N4O5. The standard InChI is InChI=1S/C37H44N4O5/c1-4-36-21-22-37(46-36)31(30(36)33(43)38-23-25-13-9-7-10-14-25)35(45)41(29(24-42)26-15-11-8-12-16-26)32(37)34(44)39-27-17-19-28(20-18-27)40(5-2)6-3/h7-20,29-32,42H,4-6,21-24H2,1-3H3,(H,38,43)(H,39,44)/t29-,30+,31+,32?,36-,37?/m1/s1. The van der Waals surface area contributed by atoms with Gasteiger partial charge in [0.2, 0.25) is 17.7 Å². The highest BCUT2D eigenvalue weighted by molar-refractivity contribution is 6.04. The van der Waals surface area contributed by atoms with Gasteiger partial charge in [-0.05, 0) is 68.5 Å². The maximum atomic E-state index is 14.7. The summed E-state index contributed by atoms with van der Waals surface area (Å²) in [6, 6.07) is 24.7. The van der Waals surface area contributed by atoms with Gasteiger partial charge in [0.1, 0.15) is 11.6 Å². The molecule has 3 N–H and O–H groups in total. The Hall–Kier alpha value is -4.21. The number of aliphatic hydroxyl groups is 1. The normalized spacial score (nSPS) is 26.9. The molecule has 1 spiro atoms. The number of hydrogen-bond donors (Lipinski definition) is 3. The number of anilines is 2. The summed E-state index contributed by atoms with van der Waals surface area (Å²) < 4.78 is 6.92. The van der Waals surface area contributed by atoms with Crippen molar-refractivity contribution in [2.24, 2.45) is 11.8 Å². The largest absolute Gasteiger partial charge is 0.394 e. The second-order valence-corrected chi connectivity index (χ2v) is 12.6. The minimum atomic E-state index is -1.21. The lowest BCUT2D eigenvalue weighted by atomic mass is 9.65. The molecule has 3 saturated heterocycles. The van der Waals surface area contributed by atoms with Gasteiger partial charge in [-0.15, -0.1) is 0 Å². The van der Waals surface area contributed by atoms with Crippen LogP contribution in [0.3, 0.4) is 0 Å². The highest BCUT2D eigenvalue weighted by atomic mass is 16.5. The van der Waals surface area contributed by atoms with E-state index in [1.54, 1.807) is 0 Å². The molecule has 9 heteroatoms. The highest BCUT2D eigenvalue weighted by Crippen LogP contribution is 2.65. The van der Waals surface area contributed by atoms with Crippen LogP contribution in [0.5, 0.6) is 0 Å². The first-order chi connectivity index (χ1) is 22.3.